The molecule has 18 heavy (non-hydrogen) atoms. The van der Waals surface area contributed by atoms with Gasteiger partial charge in [0, 0.05) is 12.1 Å². The van der Waals surface area contributed by atoms with Crippen molar-refractivity contribution >= 4 is 5.97 Å². The Bertz CT molecular complexity index is 399. The molecule has 0 radical (unpaired) electrons. The first kappa shape index (κ1) is 14.7. The molecule has 0 atom stereocenters. The number of benzene rings is 1. The highest BCUT2D eigenvalue weighted by molar-refractivity contribution is 5.68. The third-order valence-electron chi connectivity index (χ3n) is 2.89. The minimum atomic E-state index is -0.771. The molecule has 0 unspecified atom stereocenters. The summed E-state index contributed by atoms with van der Waals surface area (Å²) in [4.78, 5) is 10.7. The molecule has 0 heterocycles. The fourth-order valence-corrected chi connectivity index (χ4v) is 1.97. The van der Waals surface area contributed by atoms with Gasteiger partial charge in [-0.2, -0.15) is 0 Å². The molecule has 3 nitrogen and oxygen atoms in total. The summed E-state index contributed by atoms with van der Waals surface area (Å²) in [6, 6.07) is 8.46. The zero-order valence-electron chi connectivity index (χ0n) is 11.5. The van der Waals surface area contributed by atoms with Crippen LogP contribution in [0.3, 0.4) is 0 Å². The van der Waals surface area contributed by atoms with Gasteiger partial charge < -0.3 is 10.4 Å². The van der Waals surface area contributed by atoms with Crippen LogP contribution in [0.4, 0.5) is 0 Å². The van der Waals surface area contributed by atoms with E-state index in [1.165, 1.54) is 11.1 Å². The number of carbonyl (C=O) groups is 1. The molecule has 0 saturated carbocycles. The average molecular weight is 249 g/mol. The van der Waals surface area contributed by atoms with Gasteiger partial charge in [-0.15, -0.1) is 0 Å². The van der Waals surface area contributed by atoms with E-state index in [2.05, 4.69) is 36.5 Å². The number of rotatable bonds is 7. The molecule has 1 aromatic rings. The van der Waals surface area contributed by atoms with Gasteiger partial charge >= 0.3 is 5.97 Å². The Kier molecular flexibility index (Phi) is 5.35. The van der Waals surface area contributed by atoms with E-state index in [0.717, 1.165) is 12.8 Å². The van der Waals surface area contributed by atoms with Crippen molar-refractivity contribution < 1.29 is 9.90 Å². The van der Waals surface area contributed by atoms with Crippen molar-refractivity contribution in [1.29, 1.82) is 0 Å². The van der Waals surface area contributed by atoms with Crippen molar-refractivity contribution in [1.82, 2.24) is 5.32 Å². The van der Waals surface area contributed by atoms with Gasteiger partial charge in [-0.1, -0.05) is 37.6 Å². The summed E-state index contributed by atoms with van der Waals surface area (Å²) in [5.41, 5.74) is 2.17. The molecule has 1 aromatic carbocycles. The molecule has 0 fully saturated rings. The van der Waals surface area contributed by atoms with E-state index in [1.807, 2.05) is 13.8 Å². The molecule has 0 aromatic heterocycles. The quantitative estimate of drug-likeness (QED) is 0.781. The topological polar surface area (TPSA) is 49.3 Å². The third-order valence-corrected chi connectivity index (χ3v) is 2.89. The largest absolute Gasteiger partial charge is 0.481 e. The highest BCUT2D eigenvalue weighted by Crippen LogP contribution is 2.12. The summed E-state index contributed by atoms with van der Waals surface area (Å²) < 4.78 is 0. The van der Waals surface area contributed by atoms with Gasteiger partial charge in [-0.25, -0.2) is 0 Å². The fourth-order valence-electron chi connectivity index (χ4n) is 1.97. The summed E-state index contributed by atoms with van der Waals surface area (Å²) >= 11 is 0. The van der Waals surface area contributed by atoms with E-state index < -0.39 is 5.97 Å². The number of carboxylic acid groups (broad SMARTS) is 1. The first-order valence-electron chi connectivity index (χ1n) is 6.47. The summed E-state index contributed by atoms with van der Waals surface area (Å²) in [5.74, 6) is -0.771. The summed E-state index contributed by atoms with van der Waals surface area (Å²) in [7, 11) is 0. The van der Waals surface area contributed by atoms with Crippen LogP contribution >= 0.6 is 0 Å². The SMILES string of the molecule is CCCc1cccc(CNC(C)(C)CC(=O)O)c1. The zero-order chi connectivity index (χ0) is 13.6. The number of aliphatic carboxylic acids is 1. The van der Waals surface area contributed by atoms with Gasteiger partial charge in [0.2, 0.25) is 0 Å². The maximum atomic E-state index is 10.7. The summed E-state index contributed by atoms with van der Waals surface area (Å²) in [6.45, 7) is 6.70. The molecule has 0 spiro atoms. The molecular formula is C15H23NO2. The predicted octanol–water partition coefficient (Wildman–Crippen LogP) is 2.98. The molecule has 0 amide bonds. The highest BCUT2D eigenvalue weighted by Gasteiger charge is 2.20. The Hall–Kier alpha value is -1.35. The Balaban J connectivity index is 2.57. The third kappa shape index (κ3) is 5.32. The van der Waals surface area contributed by atoms with Crippen LogP contribution in [-0.4, -0.2) is 16.6 Å². The van der Waals surface area contributed by atoms with Crippen molar-refractivity contribution in [3.05, 3.63) is 35.4 Å². The Labute approximate surface area is 109 Å². The van der Waals surface area contributed by atoms with Crippen LogP contribution in [0.15, 0.2) is 24.3 Å². The van der Waals surface area contributed by atoms with Gasteiger partial charge in [0.25, 0.3) is 0 Å². The second-order valence-corrected chi connectivity index (χ2v) is 5.38. The van der Waals surface area contributed by atoms with Gasteiger partial charge in [-0.3, -0.25) is 4.79 Å². The lowest BCUT2D eigenvalue weighted by Gasteiger charge is -2.24. The molecule has 3 heteroatoms. The van der Waals surface area contributed by atoms with Crippen molar-refractivity contribution in [3.8, 4) is 0 Å². The minimum absolute atomic E-state index is 0.127. The highest BCUT2D eigenvalue weighted by atomic mass is 16.4. The van der Waals surface area contributed by atoms with Crippen LogP contribution in [0.2, 0.25) is 0 Å². The van der Waals surface area contributed by atoms with E-state index in [1.54, 1.807) is 0 Å². The molecule has 0 saturated heterocycles. The van der Waals surface area contributed by atoms with Crippen LogP contribution in [0.1, 0.15) is 44.7 Å². The molecule has 1 rings (SSSR count). The predicted molar refractivity (Wildman–Crippen MR) is 73.6 cm³/mol. The molecule has 0 aliphatic heterocycles. The van der Waals surface area contributed by atoms with E-state index in [4.69, 9.17) is 5.11 Å². The zero-order valence-corrected chi connectivity index (χ0v) is 11.5. The lowest BCUT2D eigenvalue weighted by atomic mass is 10.00. The number of nitrogens with one attached hydrogen (secondary N) is 1. The number of aryl methyl sites for hydroxylation is 1. The maximum Gasteiger partial charge on any atom is 0.305 e. The lowest BCUT2D eigenvalue weighted by Crippen LogP contribution is -2.40. The first-order valence-corrected chi connectivity index (χ1v) is 6.47. The maximum absolute atomic E-state index is 10.7. The number of carboxylic acids is 1. The molecule has 2 N–H and O–H groups in total. The van der Waals surface area contributed by atoms with Gasteiger partial charge in [0.1, 0.15) is 0 Å². The molecule has 0 bridgehead atoms. The minimum Gasteiger partial charge on any atom is -0.481 e. The van der Waals surface area contributed by atoms with Crippen LogP contribution in [-0.2, 0) is 17.8 Å². The second-order valence-electron chi connectivity index (χ2n) is 5.38. The van der Waals surface area contributed by atoms with Gasteiger partial charge in [-0.05, 0) is 31.4 Å². The molecular weight excluding hydrogens is 226 g/mol. The summed E-state index contributed by atoms with van der Waals surface area (Å²) in [5, 5.41) is 12.1. The van der Waals surface area contributed by atoms with Crippen molar-refractivity contribution in [2.45, 2.75) is 52.1 Å². The van der Waals surface area contributed by atoms with Crippen molar-refractivity contribution in [2.24, 2.45) is 0 Å². The molecule has 0 aliphatic rings. The Morgan fingerprint density at radius 1 is 1.33 bits per heavy atom. The van der Waals surface area contributed by atoms with Gasteiger partial charge in [0.05, 0.1) is 6.42 Å². The van der Waals surface area contributed by atoms with Crippen molar-refractivity contribution in [3.63, 3.8) is 0 Å². The molecule has 100 valence electrons. The van der Waals surface area contributed by atoms with Crippen LogP contribution in [0, 0.1) is 0 Å². The average Bonchev–Trinajstić information content (AvgIpc) is 2.26. The Morgan fingerprint density at radius 3 is 2.61 bits per heavy atom. The van der Waals surface area contributed by atoms with Crippen LogP contribution < -0.4 is 5.32 Å². The van der Waals surface area contributed by atoms with E-state index >= 15 is 0 Å². The van der Waals surface area contributed by atoms with Crippen LogP contribution in [0.5, 0.6) is 0 Å². The number of hydrogen-bond donors (Lipinski definition) is 2. The lowest BCUT2D eigenvalue weighted by molar-refractivity contribution is -0.138. The summed E-state index contributed by atoms with van der Waals surface area (Å²) in [6.07, 6.45) is 2.36. The monoisotopic (exact) mass is 249 g/mol. The van der Waals surface area contributed by atoms with Crippen molar-refractivity contribution in [2.75, 3.05) is 0 Å². The van der Waals surface area contributed by atoms with E-state index in [0.29, 0.717) is 6.54 Å². The van der Waals surface area contributed by atoms with Gasteiger partial charge in [0.15, 0.2) is 0 Å². The van der Waals surface area contributed by atoms with E-state index in [-0.39, 0.29) is 12.0 Å². The number of hydrogen-bond acceptors (Lipinski definition) is 2. The van der Waals surface area contributed by atoms with E-state index in [9.17, 15) is 4.79 Å². The smallest absolute Gasteiger partial charge is 0.305 e. The fraction of sp³-hybridized carbons (Fsp3) is 0.533. The first-order chi connectivity index (χ1) is 8.43. The van der Waals surface area contributed by atoms with Crippen LogP contribution in [0.25, 0.3) is 0 Å². The molecule has 0 aliphatic carbocycles. The second kappa shape index (κ2) is 6.55. The Morgan fingerprint density at radius 2 is 2.00 bits per heavy atom. The normalized spacial score (nSPS) is 11.5. The standard InChI is InChI=1S/C15H23NO2/c1-4-6-12-7-5-8-13(9-12)11-16-15(2,3)10-14(17)18/h5,7-9,16H,4,6,10-11H2,1-3H3,(H,17,18).